The second-order valence-electron chi connectivity index (χ2n) is 4.16. The quantitative estimate of drug-likeness (QED) is 0.668. The number of carbonyl (C=O) groups is 1. The minimum atomic E-state index is 0.122. The summed E-state index contributed by atoms with van der Waals surface area (Å²) in [6.45, 7) is 0. The van der Waals surface area contributed by atoms with Gasteiger partial charge in [0.2, 0.25) is 0 Å². The number of carbonyl (C=O) groups excluding carboxylic acids is 1. The van der Waals surface area contributed by atoms with Gasteiger partial charge in [0.25, 0.3) is 0 Å². The highest BCUT2D eigenvalue weighted by molar-refractivity contribution is 7.99. The lowest BCUT2D eigenvalue weighted by Gasteiger charge is -2.03. The van der Waals surface area contributed by atoms with Gasteiger partial charge in [-0.15, -0.1) is 11.8 Å². The predicted molar refractivity (Wildman–Crippen MR) is 82.8 cm³/mol. The summed E-state index contributed by atoms with van der Waals surface area (Å²) in [4.78, 5) is 11.9. The third kappa shape index (κ3) is 4.30. The van der Waals surface area contributed by atoms with Crippen LogP contribution in [0.1, 0.15) is 15.9 Å². The number of thioether (sulfide) groups is 1. The number of ketones is 1. The minimum absolute atomic E-state index is 0.122. The summed E-state index contributed by atoms with van der Waals surface area (Å²) >= 11 is 7.38. The number of hydrogen-bond donors (Lipinski definition) is 1. The van der Waals surface area contributed by atoms with E-state index < -0.39 is 0 Å². The fraction of sp³-hybridized carbons (Fsp3) is 0.133. The molecule has 0 amide bonds. The first-order chi connectivity index (χ1) is 9.15. The van der Waals surface area contributed by atoms with Gasteiger partial charge in [0.05, 0.1) is 5.75 Å². The van der Waals surface area contributed by atoms with Crippen molar-refractivity contribution in [3.63, 3.8) is 0 Å². The molecule has 2 N–H and O–H groups in total. The second-order valence-corrected chi connectivity index (χ2v) is 5.59. The van der Waals surface area contributed by atoms with Crippen LogP contribution in [0.2, 0.25) is 5.02 Å². The molecule has 2 aromatic rings. The summed E-state index contributed by atoms with van der Waals surface area (Å²) in [5.74, 6) is 1.39. The van der Waals surface area contributed by atoms with Gasteiger partial charge in [-0.1, -0.05) is 23.7 Å². The number of rotatable bonds is 5. The molecule has 19 heavy (non-hydrogen) atoms. The molecule has 2 rings (SSSR count). The number of halogens is 1. The Morgan fingerprint density at radius 3 is 2.32 bits per heavy atom. The number of nitrogen functional groups attached to an aromatic ring is 1. The molecule has 0 radical (unpaired) electrons. The highest BCUT2D eigenvalue weighted by Gasteiger charge is 2.05. The van der Waals surface area contributed by atoms with E-state index in [-0.39, 0.29) is 5.78 Å². The van der Waals surface area contributed by atoms with Crippen molar-refractivity contribution in [1.29, 1.82) is 0 Å². The Morgan fingerprint density at radius 1 is 1.05 bits per heavy atom. The minimum Gasteiger partial charge on any atom is -0.399 e. The van der Waals surface area contributed by atoms with Crippen LogP contribution < -0.4 is 5.73 Å². The highest BCUT2D eigenvalue weighted by Crippen LogP contribution is 2.16. The average Bonchev–Trinajstić information content (AvgIpc) is 2.41. The summed E-state index contributed by atoms with van der Waals surface area (Å²) in [5.41, 5.74) is 8.25. The Bertz CT molecular complexity index is 551. The standard InChI is InChI=1S/C15H14ClNOS/c16-13-5-3-12(4-6-13)15(18)10-19-9-11-1-7-14(17)8-2-11/h1-8H,9-10,17H2. The molecule has 0 saturated carbocycles. The van der Waals surface area contributed by atoms with E-state index in [2.05, 4.69) is 0 Å². The molecular weight excluding hydrogens is 278 g/mol. The molecule has 4 heteroatoms. The molecule has 0 aliphatic rings. The molecule has 0 aliphatic heterocycles. The van der Waals surface area contributed by atoms with Crippen LogP contribution in [-0.2, 0) is 5.75 Å². The smallest absolute Gasteiger partial charge is 0.172 e. The molecule has 0 aliphatic carbocycles. The number of benzene rings is 2. The van der Waals surface area contributed by atoms with Crippen molar-refractivity contribution in [3.8, 4) is 0 Å². The van der Waals surface area contributed by atoms with Gasteiger partial charge in [-0.3, -0.25) is 4.79 Å². The third-order valence-electron chi connectivity index (χ3n) is 2.65. The first kappa shape index (κ1) is 14.0. The zero-order valence-corrected chi connectivity index (χ0v) is 11.9. The van der Waals surface area contributed by atoms with Crippen molar-refractivity contribution in [2.24, 2.45) is 0 Å². The van der Waals surface area contributed by atoms with Crippen LogP contribution in [0, 0.1) is 0 Å². The van der Waals surface area contributed by atoms with E-state index in [1.807, 2.05) is 24.3 Å². The average molecular weight is 292 g/mol. The zero-order chi connectivity index (χ0) is 13.7. The summed E-state index contributed by atoms with van der Waals surface area (Å²) < 4.78 is 0. The highest BCUT2D eigenvalue weighted by atomic mass is 35.5. The first-order valence-corrected chi connectivity index (χ1v) is 7.39. The van der Waals surface area contributed by atoms with Crippen molar-refractivity contribution < 1.29 is 4.79 Å². The summed E-state index contributed by atoms with van der Waals surface area (Å²) in [6.07, 6.45) is 0. The normalized spacial score (nSPS) is 10.4. The molecule has 0 saturated heterocycles. The molecule has 2 aromatic carbocycles. The topological polar surface area (TPSA) is 43.1 Å². The Hall–Kier alpha value is -1.45. The first-order valence-electron chi connectivity index (χ1n) is 5.86. The van der Waals surface area contributed by atoms with Crippen LogP contribution >= 0.6 is 23.4 Å². The lowest BCUT2D eigenvalue weighted by molar-refractivity contribution is 0.102. The van der Waals surface area contributed by atoms with E-state index in [1.54, 1.807) is 36.0 Å². The van der Waals surface area contributed by atoms with Gasteiger partial charge < -0.3 is 5.73 Å². The zero-order valence-electron chi connectivity index (χ0n) is 10.3. The van der Waals surface area contributed by atoms with Gasteiger partial charge in [0.1, 0.15) is 0 Å². The van der Waals surface area contributed by atoms with Gasteiger partial charge in [-0.25, -0.2) is 0 Å². The van der Waals surface area contributed by atoms with Gasteiger partial charge in [0.15, 0.2) is 5.78 Å². The second kappa shape index (κ2) is 6.64. The van der Waals surface area contributed by atoms with E-state index in [9.17, 15) is 4.79 Å². The molecule has 98 valence electrons. The van der Waals surface area contributed by atoms with E-state index >= 15 is 0 Å². The van der Waals surface area contributed by atoms with Gasteiger partial charge in [-0.05, 0) is 42.0 Å². The van der Waals surface area contributed by atoms with Gasteiger partial charge in [-0.2, -0.15) is 0 Å². The van der Waals surface area contributed by atoms with E-state index in [0.29, 0.717) is 16.3 Å². The summed E-state index contributed by atoms with van der Waals surface area (Å²) in [6, 6.07) is 14.7. The van der Waals surface area contributed by atoms with Crippen LogP contribution in [-0.4, -0.2) is 11.5 Å². The number of nitrogens with two attached hydrogens (primary N) is 1. The number of anilines is 1. The molecule has 0 heterocycles. The fourth-order valence-electron chi connectivity index (χ4n) is 1.59. The molecule has 0 spiro atoms. The lowest BCUT2D eigenvalue weighted by atomic mass is 10.1. The molecule has 0 bridgehead atoms. The predicted octanol–water partition coefficient (Wildman–Crippen LogP) is 4.04. The van der Waals surface area contributed by atoms with Crippen molar-refractivity contribution >= 4 is 34.8 Å². The van der Waals surface area contributed by atoms with Crippen molar-refractivity contribution in [1.82, 2.24) is 0 Å². The maximum absolute atomic E-state index is 11.9. The van der Waals surface area contributed by atoms with Crippen LogP contribution in [0.15, 0.2) is 48.5 Å². The summed E-state index contributed by atoms with van der Waals surface area (Å²) in [7, 11) is 0. The molecule has 0 aromatic heterocycles. The Balaban J connectivity index is 1.84. The molecular formula is C15H14ClNOS. The summed E-state index contributed by atoms with van der Waals surface area (Å²) in [5, 5.41) is 0.645. The maximum atomic E-state index is 11.9. The molecule has 0 unspecified atom stereocenters. The largest absolute Gasteiger partial charge is 0.399 e. The maximum Gasteiger partial charge on any atom is 0.172 e. The van der Waals surface area contributed by atoms with Crippen LogP contribution in [0.3, 0.4) is 0 Å². The van der Waals surface area contributed by atoms with Crippen LogP contribution in [0.25, 0.3) is 0 Å². The van der Waals surface area contributed by atoms with Gasteiger partial charge >= 0.3 is 0 Å². The molecule has 0 atom stereocenters. The Kier molecular flexibility index (Phi) is 4.88. The van der Waals surface area contributed by atoms with E-state index in [0.717, 1.165) is 11.4 Å². The van der Waals surface area contributed by atoms with Crippen LogP contribution in [0.5, 0.6) is 0 Å². The lowest BCUT2D eigenvalue weighted by Crippen LogP contribution is -2.02. The molecule has 0 fully saturated rings. The molecule has 2 nitrogen and oxygen atoms in total. The Morgan fingerprint density at radius 2 is 1.68 bits per heavy atom. The van der Waals surface area contributed by atoms with E-state index in [1.165, 1.54) is 5.56 Å². The number of hydrogen-bond acceptors (Lipinski definition) is 3. The Labute approximate surface area is 122 Å². The van der Waals surface area contributed by atoms with Crippen molar-refractivity contribution in [2.75, 3.05) is 11.5 Å². The number of Topliss-reactive ketones (excluding diaryl/α,β-unsaturated/α-hetero) is 1. The van der Waals surface area contributed by atoms with Crippen molar-refractivity contribution in [2.45, 2.75) is 5.75 Å². The van der Waals surface area contributed by atoms with Crippen molar-refractivity contribution in [3.05, 3.63) is 64.7 Å². The van der Waals surface area contributed by atoms with Gasteiger partial charge in [0, 0.05) is 22.0 Å². The fourth-order valence-corrected chi connectivity index (χ4v) is 2.60. The van der Waals surface area contributed by atoms with E-state index in [4.69, 9.17) is 17.3 Å². The third-order valence-corrected chi connectivity index (χ3v) is 3.90. The SMILES string of the molecule is Nc1ccc(CSCC(=O)c2ccc(Cl)cc2)cc1. The monoisotopic (exact) mass is 291 g/mol. The van der Waals surface area contributed by atoms with Crippen LogP contribution in [0.4, 0.5) is 5.69 Å².